The molecule has 0 aromatic heterocycles. The molecule has 0 heterocycles. The predicted molar refractivity (Wildman–Crippen MR) is 97.8 cm³/mol. The molecular formula is C18H20ClN3O2. The topological polar surface area (TPSA) is 70.2 Å². The molecule has 0 bridgehead atoms. The van der Waals surface area contributed by atoms with E-state index in [1.165, 1.54) is 0 Å². The fourth-order valence-corrected chi connectivity index (χ4v) is 2.20. The standard InChI is InChI=1S/C18H20ClN3O2/c1-18(2,3)22-16(23)12-6-4-8-14(10-12)20-17(24)21-15-9-5-7-13(19)11-15/h4-11H,1-3H3,(H,22,23)(H2,20,21,24). The molecule has 3 N–H and O–H groups in total. The zero-order valence-electron chi connectivity index (χ0n) is 13.8. The summed E-state index contributed by atoms with van der Waals surface area (Å²) in [5.74, 6) is -0.193. The quantitative estimate of drug-likeness (QED) is 0.765. The number of amides is 3. The third-order valence-electron chi connectivity index (χ3n) is 2.95. The van der Waals surface area contributed by atoms with E-state index in [1.807, 2.05) is 20.8 Å². The van der Waals surface area contributed by atoms with Gasteiger partial charge in [-0.25, -0.2) is 4.79 Å². The molecule has 0 unspecified atom stereocenters. The fourth-order valence-electron chi connectivity index (χ4n) is 2.01. The van der Waals surface area contributed by atoms with Gasteiger partial charge in [-0.1, -0.05) is 23.7 Å². The molecule has 2 aromatic rings. The van der Waals surface area contributed by atoms with Crippen LogP contribution in [0.5, 0.6) is 0 Å². The second kappa shape index (κ2) is 7.36. The molecule has 126 valence electrons. The summed E-state index contributed by atoms with van der Waals surface area (Å²) in [6.45, 7) is 5.72. The van der Waals surface area contributed by atoms with Gasteiger partial charge in [0.15, 0.2) is 0 Å². The fraction of sp³-hybridized carbons (Fsp3) is 0.222. The average molecular weight is 346 g/mol. The number of urea groups is 1. The van der Waals surface area contributed by atoms with Crippen LogP contribution in [-0.2, 0) is 0 Å². The van der Waals surface area contributed by atoms with Crippen LogP contribution in [0.25, 0.3) is 0 Å². The van der Waals surface area contributed by atoms with E-state index in [0.717, 1.165) is 0 Å². The number of benzene rings is 2. The molecule has 0 aliphatic rings. The van der Waals surface area contributed by atoms with Crippen LogP contribution >= 0.6 is 11.6 Å². The molecule has 6 heteroatoms. The summed E-state index contributed by atoms with van der Waals surface area (Å²) in [5.41, 5.74) is 1.26. The Morgan fingerprint density at radius 2 is 1.50 bits per heavy atom. The zero-order valence-corrected chi connectivity index (χ0v) is 14.6. The van der Waals surface area contributed by atoms with E-state index in [2.05, 4.69) is 16.0 Å². The molecule has 2 rings (SSSR count). The van der Waals surface area contributed by atoms with Gasteiger partial charge in [-0.05, 0) is 57.2 Å². The van der Waals surface area contributed by atoms with Gasteiger partial charge in [-0.3, -0.25) is 4.79 Å². The minimum atomic E-state index is -0.411. The number of carbonyl (C=O) groups excluding carboxylic acids is 2. The van der Waals surface area contributed by atoms with Crippen LogP contribution < -0.4 is 16.0 Å². The number of carbonyl (C=O) groups is 2. The lowest BCUT2D eigenvalue weighted by molar-refractivity contribution is 0.0919. The maximum absolute atomic E-state index is 12.2. The SMILES string of the molecule is CC(C)(C)NC(=O)c1cccc(NC(=O)Nc2cccc(Cl)c2)c1. The minimum Gasteiger partial charge on any atom is -0.347 e. The Kier molecular flexibility index (Phi) is 5.46. The highest BCUT2D eigenvalue weighted by atomic mass is 35.5. The van der Waals surface area contributed by atoms with Crippen LogP contribution in [0.3, 0.4) is 0 Å². The second-order valence-corrected chi connectivity index (χ2v) is 6.81. The first-order chi connectivity index (χ1) is 11.2. The first-order valence-corrected chi connectivity index (χ1v) is 7.87. The van der Waals surface area contributed by atoms with E-state index in [1.54, 1.807) is 48.5 Å². The van der Waals surface area contributed by atoms with Crippen LogP contribution in [0.4, 0.5) is 16.2 Å². The third kappa shape index (κ3) is 5.59. The Balaban J connectivity index is 2.03. The van der Waals surface area contributed by atoms with Crippen LogP contribution in [-0.4, -0.2) is 17.5 Å². The van der Waals surface area contributed by atoms with E-state index in [9.17, 15) is 9.59 Å². The van der Waals surface area contributed by atoms with Crippen molar-refractivity contribution >= 4 is 34.9 Å². The molecule has 0 spiro atoms. The molecule has 3 amide bonds. The lowest BCUT2D eigenvalue weighted by Gasteiger charge is -2.20. The zero-order chi connectivity index (χ0) is 17.7. The lowest BCUT2D eigenvalue weighted by atomic mass is 10.1. The molecular weight excluding hydrogens is 326 g/mol. The summed E-state index contributed by atoms with van der Waals surface area (Å²) in [6.07, 6.45) is 0. The van der Waals surface area contributed by atoms with Crippen molar-refractivity contribution in [3.05, 3.63) is 59.1 Å². The van der Waals surface area contributed by atoms with Gasteiger partial charge >= 0.3 is 6.03 Å². The van der Waals surface area contributed by atoms with Crippen molar-refractivity contribution in [1.29, 1.82) is 0 Å². The van der Waals surface area contributed by atoms with Crippen molar-refractivity contribution in [2.75, 3.05) is 10.6 Å². The van der Waals surface area contributed by atoms with Gasteiger partial charge in [0, 0.05) is 27.5 Å². The molecule has 0 saturated heterocycles. The van der Waals surface area contributed by atoms with Crippen molar-refractivity contribution in [3.63, 3.8) is 0 Å². The Morgan fingerprint density at radius 3 is 2.08 bits per heavy atom. The third-order valence-corrected chi connectivity index (χ3v) is 3.19. The van der Waals surface area contributed by atoms with Crippen LogP contribution in [0.15, 0.2) is 48.5 Å². The number of nitrogens with one attached hydrogen (secondary N) is 3. The van der Waals surface area contributed by atoms with Gasteiger partial charge in [0.05, 0.1) is 0 Å². The van der Waals surface area contributed by atoms with Gasteiger partial charge in [0.2, 0.25) is 0 Å². The molecule has 24 heavy (non-hydrogen) atoms. The van der Waals surface area contributed by atoms with Crippen molar-refractivity contribution in [3.8, 4) is 0 Å². The number of halogens is 1. The molecule has 0 aliphatic carbocycles. The summed E-state index contributed by atoms with van der Waals surface area (Å²) >= 11 is 5.88. The molecule has 0 fully saturated rings. The van der Waals surface area contributed by atoms with Gasteiger partial charge in [-0.2, -0.15) is 0 Å². The maximum Gasteiger partial charge on any atom is 0.323 e. The summed E-state index contributed by atoms with van der Waals surface area (Å²) in [7, 11) is 0. The van der Waals surface area contributed by atoms with Gasteiger partial charge in [-0.15, -0.1) is 0 Å². The van der Waals surface area contributed by atoms with E-state index in [-0.39, 0.29) is 11.4 Å². The molecule has 0 aliphatic heterocycles. The van der Waals surface area contributed by atoms with Gasteiger partial charge in [0.1, 0.15) is 0 Å². The molecule has 0 radical (unpaired) electrons. The van der Waals surface area contributed by atoms with E-state index in [4.69, 9.17) is 11.6 Å². The van der Waals surface area contributed by atoms with Crippen molar-refractivity contribution < 1.29 is 9.59 Å². The summed E-state index contributed by atoms with van der Waals surface area (Å²) in [6, 6.07) is 13.2. The molecule has 0 saturated carbocycles. The first-order valence-electron chi connectivity index (χ1n) is 7.49. The highest BCUT2D eigenvalue weighted by molar-refractivity contribution is 6.30. The molecule has 5 nitrogen and oxygen atoms in total. The smallest absolute Gasteiger partial charge is 0.323 e. The lowest BCUT2D eigenvalue weighted by Crippen LogP contribution is -2.40. The largest absolute Gasteiger partial charge is 0.347 e. The Hall–Kier alpha value is -2.53. The summed E-state index contributed by atoms with van der Waals surface area (Å²) in [5, 5.41) is 8.79. The Labute approximate surface area is 146 Å². The molecule has 0 atom stereocenters. The van der Waals surface area contributed by atoms with Crippen molar-refractivity contribution in [2.45, 2.75) is 26.3 Å². The summed E-state index contributed by atoms with van der Waals surface area (Å²) < 4.78 is 0. The van der Waals surface area contributed by atoms with E-state index >= 15 is 0 Å². The minimum absolute atomic E-state index is 0.193. The highest BCUT2D eigenvalue weighted by Gasteiger charge is 2.15. The van der Waals surface area contributed by atoms with Gasteiger partial charge < -0.3 is 16.0 Å². The van der Waals surface area contributed by atoms with Crippen LogP contribution in [0.1, 0.15) is 31.1 Å². The highest BCUT2D eigenvalue weighted by Crippen LogP contribution is 2.16. The number of rotatable bonds is 3. The normalized spacial score (nSPS) is 10.8. The maximum atomic E-state index is 12.2. The monoisotopic (exact) mass is 345 g/mol. The number of hydrogen-bond donors (Lipinski definition) is 3. The van der Waals surface area contributed by atoms with E-state index < -0.39 is 6.03 Å². The number of anilines is 2. The Morgan fingerprint density at radius 1 is 0.917 bits per heavy atom. The summed E-state index contributed by atoms with van der Waals surface area (Å²) in [4.78, 5) is 24.2. The van der Waals surface area contributed by atoms with Crippen LogP contribution in [0, 0.1) is 0 Å². The van der Waals surface area contributed by atoms with Crippen molar-refractivity contribution in [2.24, 2.45) is 0 Å². The van der Waals surface area contributed by atoms with E-state index in [0.29, 0.717) is 22.0 Å². The molecule has 2 aromatic carbocycles. The van der Waals surface area contributed by atoms with Gasteiger partial charge in [0.25, 0.3) is 5.91 Å². The Bertz CT molecular complexity index is 754. The number of hydrogen-bond acceptors (Lipinski definition) is 2. The first kappa shape index (κ1) is 17.8. The predicted octanol–water partition coefficient (Wildman–Crippen LogP) is 4.51. The van der Waals surface area contributed by atoms with Crippen LogP contribution in [0.2, 0.25) is 5.02 Å². The van der Waals surface area contributed by atoms with Crippen molar-refractivity contribution in [1.82, 2.24) is 5.32 Å². The second-order valence-electron chi connectivity index (χ2n) is 6.37. The average Bonchev–Trinajstić information content (AvgIpc) is 2.45.